The van der Waals surface area contributed by atoms with E-state index in [1.807, 2.05) is 64.1 Å². The van der Waals surface area contributed by atoms with Crippen LogP contribution in [0, 0.1) is 20.8 Å². The molecular weight excluding hydrogens is 328 g/mol. The standard InChI is InChI=1S/C21H24N2O3/c1-5-26-18-9-7-6-8-16(18)22-17-12-19(24)23(21(17)25)20-14(3)10-13(2)11-15(20)4/h6-11,17,22H,5,12H2,1-4H3. The molecule has 26 heavy (non-hydrogen) atoms. The van der Waals surface area contributed by atoms with E-state index in [0.29, 0.717) is 18.0 Å². The molecular formula is C21H24N2O3. The molecule has 1 saturated heterocycles. The number of carbonyl (C=O) groups excluding carboxylic acids is 2. The van der Waals surface area contributed by atoms with Crippen LogP contribution in [0.5, 0.6) is 5.75 Å². The number of anilines is 2. The molecule has 5 heteroatoms. The zero-order valence-corrected chi connectivity index (χ0v) is 15.6. The van der Waals surface area contributed by atoms with Crippen molar-refractivity contribution in [1.29, 1.82) is 0 Å². The lowest BCUT2D eigenvalue weighted by Gasteiger charge is -2.21. The minimum absolute atomic E-state index is 0.131. The van der Waals surface area contributed by atoms with E-state index in [0.717, 1.165) is 22.4 Å². The van der Waals surface area contributed by atoms with Crippen molar-refractivity contribution in [2.75, 3.05) is 16.8 Å². The second-order valence-corrected chi connectivity index (χ2v) is 6.64. The van der Waals surface area contributed by atoms with Crippen molar-refractivity contribution in [1.82, 2.24) is 0 Å². The normalized spacial score (nSPS) is 16.9. The zero-order chi connectivity index (χ0) is 18.8. The van der Waals surface area contributed by atoms with Crippen LogP contribution in [0.15, 0.2) is 36.4 Å². The second-order valence-electron chi connectivity index (χ2n) is 6.64. The number of hydrogen-bond acceptors (Lipinski definition) is 4. The van der Waals surface area contributed by atoms with Gasteiger partial charge in [-0.1, -0.05) is 29.8 Å². The Morgan fingerprint density at radius 1 is 1.12 bits per heavy atom. The molecule has 1 heterocycles. The van der Waals surface area contributed by atoms with Crippen molar-refractivity contribution in [3.05, 3.63) is 53.1 Å². The molecule has 0 aromatic heterocycles. The van der Waals surface area contributed by atoms with E-state index in [9.17, 15) is 9.59 Å². The highest BCUT2D eigenvalue weighted by Gasteiger charge is 2.41. The van der Waals surface area contributed by atoms with Crippen molar-refractivity contribution in [3.63, 3.8) is 0 Å². The first kappa shape index (κ1) is 18.0. The number of nitrogens with zero attached hydrogens (tertiary/aromatic N) is 1. The highest BCUT2D eigenvalue weighted by Crippen LogP contribution is 2.33. The first-order valence-corrected chi connectivity index (χ1v) is 8.85. The van der Waals surface area contributed by atoms with Gasteiger partial charge in [0.1, 0.15) is 11.8 Å². The summed E-state index contributed by atoms with van der Waals surface area (Å²) >= 11 is 0. The predicted octanol–water partition coefficient (Wildman–Crippen LogP) is 3.75. The van der Waals surface area contributed by atoms with E-state index in [2.05, 4.69) is 5.32 Å². The van der Waals surface area contributed by atoms with Crippen molar-refractivity contribution in [2.45, 2.75) is 40.2 Å². The van der Waals surface area contributed by atoms with E-state index in [1.54, 1.807) is 0 Å². The summed E-state index contributed by atoms with van der Waals surface area (Å²) in [5, 5.41) is 3.19. The van der Waals surface area contributed by atoms with E-state index < -0.39 is 6.04 Å². The third-order valence-corrected chi connectivity index (χ3v) is 4.52. The van der Waals surface area contributed by atoms with E-state index >= 15 is 0 Å². The number of ether oxygens (including phenoxy) is 1. The maximum absolute atomic E-state index is 13.0. The van der Waals surface area contributed by atoms with Gasteiger partial charge in [-0.3, -0.25) is 9.59 Å². The number of rotatable bonds is 5. The molecule has 1 atom stereocenters. The number of aryl methyl sites for hydroxylation is 3. The fourth-order valence-corrected chi connectivity index (χ4v) is 3.56. The van der Waals surface area contributed by atoms with Gasteiger partial charge in [-0.2, -0.15) is 0 Å². The molecule has 3 rings (SSSR count). The largest absolute Gasteiger partial charge is 0.492 e. The highest BCUT2D eigenvalue weighted by atomic mass is 16.5. The van der Waals surface area contributed by atoms with Gasteiger partial charge in [0.15, 0.2) is 0 Å². The van der Waals surface area contributed by atoms with Crippen LogP contribution < -0.4 is 15.0 Å². The summed E-state index contributed by atoms with van der Waals surface area (Å²) in [6, 6.07) is 10.8. The van der Waals surface area contributed by atoms with Crippen LogP contribution in [0.1, 0.15) is 30.0 Å². The molecule has 0 radical (unpaired) electrons. The minimum atomic E-state index is -0.593. The molecule has 1 fully saturated rings. The van der Waals surface area contributed by atoms with Crippen LogP contribution >= 0.6 is 0 Å². The number of hydrogen-bond donors (Lipinski definition) is 1. The van der Waals surface area contributed by atoms with Gasteiger partial charge in [0, 0.05) is 0 Å². The molecule has 0 spiro atoms. The van der Waals surface area contributed by atoms with Gasteiger partial charge in [-0.25, -0.2) is 4.90 Å². The summed E-state index contributed by atoms with van der Waals surface area (Å²) in [6.45, 7) is 8.31. The summed E-state index contributed by atoms with van der Waals surface area (Å²) in [5.74, 6) is 0.268. The van der Waals surface area contributed by atoms with Crippen molar-refractivity contribution in [2.24, 2.45) is 0 Å². The number of carbonyl (C=O) groups is 2. The van der Waals surface area contributed by atoms with Crippen LogP contribution in [-0.2, 0) is 9.59 Å². The van der Waals surface area contributed by atoms with Crippen LogP contribution in [0.25, 0.3) is 0 Å². The molecule has 2 aromatic carbocycles. The van der Waals surface area contributed by atoms with Crippen LogP contribution in [0.4, 0.5) is 11.4 Å². The Morgan fingerprint density at radius 3 is 2.42 bits per heavy atom. The number of benzene rings is 2. The van der Waals surface area contributed by atoms with Crippen molar-refractivity contribution < 1.29 is 14.3 Å². The van der Waals surface area contributed by atoms with Gasteiger partial charge in [-0.05, 0) is 51.0 Å². The molecule has 0 aliphatic carbocycles. The zero-order valence-electron chi connectivity index (χ0n) is 15.6. The molecule has 2 amide bonds. The van der Waals surface area contributed by atoms with Gasteiger partial charge in [0.25, 0.3) is 5.91 Å². The lowest BCUT2D eigenvalue weighted by molar-refractivity contribution is -0.121. The van der Waals surface area contributed by atoms with Crippen molar-refractivity contribution in [3.8, 4) is 5.75 Å². The first-order chi connectivity index (χ1) is 12.4. The molecule has 1 unspecified atom stereocenters. The molecule has 1 aliphatic heterocycles. The number of nitrogens with one attached hydrogen (secondary N) is 1. The van der Waals surface area contributed by atoms with E-state index in [4.69, 9.17) is 4.74 Å². The average molecular weight is 352 g/mol. The average Bonchev–Trinajstić information content (AvgIpc) is 2.84. The Morgan fingerprint density at radius 2 is 1.77 bits per heavy atom. The Kier molecular flexibility index (Phi) is 4.98. The Labute approximate surface area is 154 Å². The lowest BCUT2D eigenvalue weighted by atomic mass is 10.0. The summed E-state index contributed by atoms with van der Waals surface area (Å²) < 4.78 is 5.60. The molecule has 2 aromatic rings. The Balaban J connectivity index is 1.89. The maximum atomic E-state index is 13.0. The predicted molar refractivity (Wildman–Crippen MR) is 103 cm³/mol. The van der Waals surface area contributed by atoms with E-state index in [-0.39, 0.29) is 18.2 Å². The maximum Gasteiger partial charge on any atom is 0.256 e. The molecule has 0 saturated carbocycles. The molecule has 5 nitrogen and oxygen atoms in total. The van der Waals surface area contributed by atoms with Crippen LogP contribution in [0.2, 0.25) is 0 Å². The Bertz CT molecular complexity index is 837. The summed E-state index contributed by atoms with van der Waals surface area (Å²) in [4.78, 5) is 26.9. The number of imide groups is 1. The first-order valence-electron chi connectivity index (χ1n) is 8.85. The topological polar surface area (TPSA) is 58.6 Å². The minimum Gasteiger partial charge on any atom is -0.492 e. The lowest BCUT2D eigenvalue weighted by Crippen LogP contribution is -2.35. The third kappa shape index (κ3) is 3.29. The quantitative estimate of drug-likeness (QED) is 0.833. The molecule has 136 valence electrons. The summed E-state index contributed by atoms with van der Waals surface area (Å²) in [7, 11) is 0. The number of amides is 2. The Hall–Kier alpha value is -2.82. The van der Waals surface area contributed by atoms with Gasteiger partial charge < -0.3 is 10.1 Å². The fourth-order valence-electron chi connectivity index (χ4n) is 3.56. The summed E-state index contributed by atoms with van der Waals surface area (Å²) in [6.07, 6.45) is 0.131. The monoisotopic (exact) mass is 352 g/mol. The van der Waals surface area contributed by atoms with Crippen LogP contribution in [0.3, 0.4) is 0 Å². The van der Waals surface area contributed by atoms with E-state index in [1.165, 1.54) is 4.90 Å². The van der Waals surface area contributed by atoms with Gasteiger partial charge >= 0.3 is 0 Å². The number of para-hydroxylation sites is 2. The SMILES string of the molecule is CCOc1ccccc1NC1CC(=O)N(c2c(C)cc(C)cc2C)C1=O. The summed E-state index contributed by atoms with van der Waals surface area (Å²) in [5.41, 5.74) is 4.40. The molecule has 0 bridgehead atoms. The van der Waals surface area contributed by atoms with Gasteiger partial charge in [0.05, 0.1) is 24.4 Å². The smallest absolute Gasteiger partial charge is 0.256 e. The van der Waals surface area contributed by atoms with Gasteiger partial charge in [-0.15, -0.1) is 0 Å². The second kappa shape index (κ2) is 7.20. The highest BCUT2D eigenvalue weighted by molar-refractivity contribution is 6.23. The van der Waals surface area contributed by atoms with Crippen molar-refractivity contribution >= 4 is 23.2 Å². The third-order valence-electron chi connectivity index (χ3n) is 4.52. The van der Waals surface area contributed by atoms with Gasteiger partial charge in [0.2, 0.25) is 5.91 Å². The van der Waals surface area contributed by atoms with Crippen LogP contribution in [-0.4, -0.2) is 24.5 Å². The molecule has 1 N–H and O–H groups in total. The fraction of sp³-hybridized carbons (Fsp3) is 0.333. The molecule has 1 aliphatic rings.